The van der Waals surface area contributed by atoms with Gasteiger partial charge < -0.3 is 8.83 Å². The maximum absolute atomic E-state index is 5.46. The Balaban J connectivity index is 1.93. The summed E-state index contributed by atoms with van der Waals surface area (Å²) >= 11 is 5.46. The molecule has 0 aliphatic heterocycles. The van der Waals surface area contributed by atoms with Crippen LogP contribution < -0.4 is 0 Å². The number of hydrogen-bond acceptors (Lipinski definition) is 4. The molecule has 13 heavy (non-hydrogen) atoms. The first-order valence-electron chi connectivity index (χ1n) is 3.85. The zero-order chi connectivity index (χ0) is 9.10. The molecule has 0 saturated carbocycles. The Kier molecular flexibility index (Phi) is 2.31. The number of halogens is 1. The molecule has 0 radical (unpaired) electrons. The molecular formula is C8H7ClN2O2. The van der Waals surface area contributed by atoms with Crippen LogP contribution in [-0.4, -0.2) is 10.2 Å². The molecule has 68 valence electrons. The molecule has 0 amide bonds. The van der Waals surface area contributed by atoms with Gasteiger partial charge in [0.15, 0.2) is 0 Å². The predicted molar refractivity (Wildman–Crippen MR) is 45.4 cm³/mol. The maximum Gasteiger partial charge on any atom is 0.312 e. The number of aromatic nitrogens is 2. The van der Waals surface area contributed by atoms with Crippen LogP contribution in [0.5, 0.6) is 0 Å². The summed E-state index contributed by atoms with van der Waals surface area (Å²) in [5, 5.41) is 7.34. The van der Waals surface area contributed by atoms with Gasteiger partial charge >= 0.3 is 5.35 Å². The summed E-state index contributed by atoms with van der Waals surface area (Å²) in [5.41, 5.74) is 0. The molecule has 0 spiro atoms. The van der Waals surface area contributed by atoms with Gasteiger partial charge in [0.1, 0.15) is 5.76 Å². The molecule has 5 heteroatoms. The lowest BCUT2D eigenvalue weighted by atomic mass is 10.2. The first-order valence-corrected chi connectivity index (χ1v) is 4.22. The normalized spacial score (nSPS) is 10.5. The fourth-order valence-electron chi connectivity index (χ4n) is 1.02. The van der Waals surface area contributed by atoms with Crippen LogP contribution in [0.15, 0.2) is 27.2 Å². The molecular weight excluding hydrogens is 192 g/mol. The van der Waals surface area contributed by atoms with E-state index in [1.54, 1.807) is 6.26 Å². The molecule has 2 rings (SSSR count). The highest BCUT2D eigenvalue weighted by molar-refractivity contribution is 6.27. The van der Waals surface area contributed by atoms with E-state index in [4.69, 9.17) is 20.4 Å². The Morgan fingerprint density at radius 3 is 2.85 bits per heavy atom. The predicted octanol–water partition coefficient (Wildman–Crippen LogP) is 2.10. The van der Waals surface area contributed by atoms with Crippen LogP contribution in [0.25, 0.3) is 0 Å². The van der Waals surface area contributed by atoms with E-state index in [1.807, 2.05) is 12.1 Å². The second-order valence-corrected chi connectivity index (χ2v) is 2.85. The van der Waals surface area contributed by atoms with Crippen LogP contribution in [0.4, 0.5) is 0 Å². The zero-order valence-electron chi connectivity index (χ0n) is 6.74. The molecule has 0 N–H and O–H groups in total. The van der Waals surface area contributed by atoms with Gasteiger partial charge in [-0.15, -0.1) is 5.10 Å². The number of hydrogen-bond donors (Lipinski definition) is 0. The van der Waals surface area contributed by atoms with Crippen LogP contribution in [0.3, 0.4) is 0 Å². The van der Waals surface area contributed by atoms with E-state index in [0.29, 0.717) is 12.3 Å². The van der Waals surface area contributed by atoms with Gasteiger partial charge in [-0.1, -0.05) is 5.10 Å². The molecule has 0 aliphatic rings. The van der Waals surface area contributed by atoms with Crippen molar-refractivity contribution in [1.82, 2.24) is 10.2 Å². The monoisotopic (exact) mass is 198 g/mol. The average molecular weight is 199 g/mol. The van der Waals surface area contributed by atoms with Crippen molar-refractivity contribution in [2.75, 3.05) is 0 Å². The smallest absolute Gasteiger partial charge is 0.312 e. The fraction of sp³-hybridized carbons (Fsp3) is 0.250. The lowest BCUT2D eigenvalue weighted by Crippen LogP contribution is -1.89. The number of furan rings is 1. The topological polar surface area (TPSA) is 52.1 Å². The summed E-state index contributed by atoms with van der Waals surface area (Å²) in [4.78, 5) is 0. The van der Waals surface area contributed by atoms with E-state index >= 15 is 0 Å². The van der Waals surface area contributed by atoms with Crippen molar-refractivity contribution in [2.24, 2.45) is 0 Å². The third kappa shape index (κ3) is 2.09. The molecule has 0 unspecified atom stereocenters. The lowest BCUT2D eigenvalue weighted by Gasteiger charge is -1.90. The van der Waals surface area contributed by atoms with Gasteiger partial charge in [0, 0.05) is 12.8 Å². The molecule has 0 aliphatic carbocycles. The maximum atomic E-state index is 5.46. The summed E-state index contributed by atoms with van der Waals surface area (Å²) in [6, 6.07) is 3.74. The lowest BCUT2D eigenvalue weighted by molar-refractivity contribution is 0.466. The second kappa shape index (κ2) is 3.62. The molecule has 2 aromatic rings. The molecule has 2 aromatic heterocycles. The Morgan fingerprint density at radius 1 is 1.31 bits per heavy atom. The van der Waals surface area contributed by atoms with Crippen LogP contribution in [0, 0.1) is 0 Å². The van der Waals surface area contributed by atoms with Crippen molar-refractivity contribution in [3.05, 3.63) is 35.4 Å². The summed E-state index contributed by atoms with van der Waals surface area (Å²) in [7, 11) is 0. The molecule has 0 aromatic carbocycles. The van der Waals surface area contributed by atoms with E-state index in [2.05, 4.69) is 10.2 Å². The van der Waals surface area contributed by atoms with Gasteiger partial charge in [-0.25, -0.2) is 0 Å². The van der Waals surface area contributed by atoms with Gasteiger partial charge in [-0.3, -0.25) is 0 Å². The number of aryl methyl sites for hydroxylation is 2. The van der Waals surface area contributed by atoms with Gasteiger partial charge in [0.2, 0.25) is 5.89 Å². The molecule has 4 nitrogen and oxygen atoms in total. The first-order chi connectivity index (χ1) is 6.34. The molecule has 0 saturated heterocycles. The summed E-state index contributed by atoms with van der Waals surface area (Å²) in [6.07, 6.45) is 3.02. The van der Waals surface area contributed by atoms with Crippen LogP contribution in [0.1, 0.15) is 11.7 Å². The van der Waals surface area contributed by atoms with E-state index < -0.39 is 0 Å². The third-order valence-electron chi connectivity index (χ3n) is 1.61. The van der Waals surface area contributed by atoms with Crippen LogP contribution in [-0.2, 0) is 12.8 Å². The fourth-order valence-corrected chi connectivity index (χ4v) is 1.15. The van der Waals surface area contributed by atoms with Crippen molar-refractivity contribution in [1.29, 1.82) is 0 Å². The Bertz CT molecular complexity index is 369. The Hall–Kier alpha value is -1.29. The Morgan fingerprint density at radius 2 is 2.23 bits per heavy atom. The van der Waals surface area contributed by atoms with E-state index in [9.17, 15) is 0 Å². The van der Waals surface area contributed by atoms with Crippen molar-refractivity contribution in [2.45, 2.75) is 12.8 Å². The van der Waals surface area contributed by atoms with E-state index in [-0.39, 0.29) is 5.35 Å². The minimum absolute atomic E-state index is 0.0782. The van der Waals surface area contributed by atoms with Crippen LogP contribution >= 0.6 is 11.6 Å². The Labute approximate surface area is 79.5 Å². The summed E-state index contributed by atoms with van der Waals surface area (Å²) < 4.78 is 10.1. The van der Waals surface area contributed by atoms with Gasteiger partial charge in [0.05, 0.1) is 6.26 Å². The van der Waals surface area contributed by atoms with Crippen molar-refractivity contribution in [3.63, 3.8) is 0 Å². The van der Waals surface area contributed by atoms with Crippen molar-refractivity contribution < 1.29 is 8.83 Å². The SMILES string of the molecule is Clc1nnc(CCc2ccco2)o1. The van der Waals surface area contributed by atoms with Gasteiger partial charge in [-0.05, 0) is 23.7 Å². The van der Waals surface area contributed by atoms with Crippen molar-refractivity contribution >= 4 is 11.6 Å². The van der Waals surface area contributed by atoms with Gasteiger partial charge in [-0.2, -0.15) is 0 Å². The highest BCUT2D eigenvalue weighted by Crippen LogP contribution is 2.09. The van der Waals surface area contributed by atoms with Gasteiger partial charge in [0.25, 0.3) is 0 Å². The zero-order valence-corrected chi connectivity index (χ0v) is 7.49. The summed E-state index contributed by atoms with van der Waals surface area (Å²) in [5.74, 6) is 1.43. The largest absolute Gasteiger partial charge is 0.469 e. The standard InChI is InChI=1S/C8H7ClN2O2/c9-8-11-10-7(13-8)4-3-6-2-1-5-12-6/h1-2,5H,3-4H2. The molecule has 0 fully saturated rings. The summed E-state index contributed by atoms with van der Waals surface area (Å²) in [6.45, 7) is 0. The number of nitrogens with zero attached hydrogens (tertiary/aromatic N) is 2. The minimum Gasteiger partial charge on any atom is -0.469 e. The van der Waals surface area contributed by atoms with Crippen molar-refractivity contribution in [3.8, 4) is 0 Å². The van der Waals surface area contributed by atoms with Crippen LogP contribution in [0.2, 0.25) is 5.35 Å². The molecule has 0 atom stereocenters. The first kappa shape index (κ1) is 8.31. The highest BCUT2D eigenvalue weighted by Gasteiger charge is 2.04. The quantitative estimate of drug-likeness (QED) is 0.758. The molecule has 0 bridgehead atoms. The number of rotatable bonds is 3. The third-order valence-corrected chi connectivity index (χ3v) is 1.76. The minimum atomic E-state index is 0.0782. The van der Waals surface area contributed by atoms with E-state index in [0.717, 1.165) is 12.2 Å². The van der Waals surface area contributed by atoms with E-state index in [1.165, 1.54) is 0 Å². The average Bonchev–Trinajstić information content (AvgIpc) is 2.71. The molecule has 2 heterocycles. The highest BCUT2D eigenvalue weighted by atomic mass is 35.5. The second-order valence-electron chi connectivity index (χ2n) is 2.53.